The Labute approximate surface area is 272 Å². The fourth-order valence-electron chi connectivity index (χ4n) is 6.37. The van der Waals surface area contributed by atoms with E-state index >= 15 is 4.39 Å². The Bertz CT molecular complexity index is 1960. The van der Waals surface area contributed by atoms with Crippen LogP contribution in [-0.4, -0.2) is 92.5 Å². The van der Waals surface area contributed by atoms with E-state index in [1.54, 1.807) is 22.9 Å². The zero-order chi connectivity index (χ0) is 32.8. The topological polar surface area (TPSA) is 146 Å². The molecule has 16 heteroatoms. The van der Waals surface area contributed by atoms with Gasteiger partial charge in [-0.3, -0.25) is 24.7 Å². The van der Waals surface area contributed by atoms with Crippen LogP contribution in [0.5, 0.6) is 0 Å². The summed E-state index contributed by atoms with van der Waals surface area (Å²) in [5.74, 6) is -1.33. The lowest BCUT2D eigenvalue weighted by Crippen LogP contribution is -2.47. The Balaban J connectivity index is 0.958. The third-order valence-corrected chi connectivity index (χ3v) is 9.42. The summed E-state index contributed by atoms with van der Waals surface area (Å²) in [6, 6.07) is 9.56. The minimum Gasteiger partial charge on any atom is -0.477 e. The van der Waals surface area contributed by atoms with Crippen LogP contribution in [-0.2, 0) is 13.2 Å². The molecule has 2 aliphatic heterocycles. The van der Waals surface area contributed by atoms with Crippen LogP contribution >= 0.6 is 12.2 Å². The minimum atomic E-state index is -1.31. The van der Waals surface area contributed by atoms with E-state index in [0.29, 0.717) is 56.5 Å². The summed E-state index contributed by atoms with van der Waals surface area (Å²) in [6.07, 6.45) is 3.16. The average molecular weight is 665 g/mol. The molecule has 2 aromatic heterocycles. The molecule has 1 aliphatic carbocycles. The quantitative estimate of drug-likeness (QED) is 0.158. The van der Waals surface area contributed by atoms with Crippen LogP contribution in [0.25, 0.3) is 10.9 Å². The number of aromatic nitrogens is 3. The van der Waals surface area contributed by atoms with Gasteiger partial charge < -0.3 is 23.9 Å². The molecule has 0 unspecified atom stereocenters. The Morgan fingerprint density at radius 2 is 1.68 bits per heavy atom. The first-order valence-corrected chi connectivity index (χ1v) is 15.9. The molecule has 0 atom stereocenters. The molecule has 3 fully saturated rings. The molecule has 0 amide bonds. The maximum atomic E-state index is 15.4. The van der Waals surface area contributed by atoms with E-state index in [1.165, 1.54) is 24.4 Å². The summed E-state index contributed by atoms with van der Waals surface area (Å²) in [7, 11) is 0. The Morgan fingerprint density at radius 3 is 2.32 bits per heavy atom. The highest BCUT2D eigenvalue weighted by molar-refractivity contribution is 7.71. The predicted molar refractivity (Wildman–Crippen MR) is 173 cm³/mol. The van der Waals surface area contributed by atoms with E-state index in [1.807, 2.05) is 9.47 Å². The number of hydrogen-bond acceptors (Lipinski definition) is 11. The number of carboxylic acid groups (broad SMARTS) is 1. The highest BCUT2D eigenvalue weighted by atomic mass is 32.1. The molecule has 4 heterocycles. The molecule has 0 spiro atoms. The molecule has 2 saturated heterocycles. The fraction of sp³-hybridized carbons (Fsp3) is 0.419. The molecule has 0 radical (unpaired) electrons. The maximum Gasteiger partial charge on any atom is 0.341 e. The second kappa shape index (κ2) is 12.5. The molecule has 3 aliphatic rings. The number of benzene rings is 2. The summed E-state index contributed by atoms with van der Waals surface area (Å²) >= 11 is 5.46. The van der Waals surface area contributed by atoms with Gasteiger partial charge in [-0.1, -0.05) is 0 Å². The Hall–Kier alpha value is -4.67. The van der Waals surface area contributed by atoms with E-state index in [-0.39, 0.29) is 27.5 Å². The van der Waals surface area contributed by atoms with Gasteiger partial charge in [-0.15, -0.1) is 5.10 Å². The maximum absolute atomic E-state index is 15.4. The summed E-state index contributed by atoms with van der Waals surface area (Å²) in [6.45, 7) is 6.36. The number of halogens is 1. The first kappa shape index (κ1) is 31.0. The second-order valence-corrected chi connectivity index (χ2v) is 12.5. The Kier molecular flexibility index (Phi) is 8.23. The number of nitro groups is 1. The van der Waals surface area contributed by atoms with Crippen molar-refractivity contribution in [2.24, 2.45) is 0 Å². The summed E-state index contributed by atoms with van der Waals surface area (Å²) in [4.78, 5) is 43.8. The number of nitro benzene ring substituents is 1. The highest BCUT2D eigenvalue weighted by Crippen LogP contribution is 2.38. The van der Waals surface area contributed by atoms with Crippen molar-refractivity contribution in [2.45, 2.75) is 32.1 Å². The van der Waals surface area contributed by atoms with E-state index in [0.717, 1.165) is 44.7 Å². The third-order valence-electron chi connectivity index (χ3n) is 9.12. The lowest BCUT2D eigenvalue weighted by molar-refractivity contribution is -0.384. The van der Waals surface area contributed by atoms with Gasteiger partial charge >= 0.3 is 5.97 Å². The fourth-order valence-corrected chi connectivity index (χ4v) is 6.57. The van der Waals surface area contributed by atoms with Crippen LogP contribution < -0.4 is 15.2 Å². The number of carboxylic acids is 1. The molecule has 2 aromatic carbocycles. The SMILES string of the molecule is O=C(O)c1cn(C2CC2)c2cc(N3CCN(Cn4nc(CN5CCN(c6ccc([N+](=O)[O-])cc6)CC5)oc4=S)CC3)c(F)cc2c1=O. The van der Waals surface area contributed by atoms with Crippen molar-refractivity contribution in [1.82, 2.24) is 24.1 Å². The number of piperazine rings is 2. The first-order chi connectivity index (χ1) is 22.6. The normalized spacial score (nSPS) is 17.8. The number of nitrogens with zero attached hydrogens (tertiary/aromatic N) is 8. The predicted octanol–water partition coefficient (Wildman–Crippen LogP) is 3.70. The van der Waals surface area contributed by atoms with E-state index in [4.69, 9.17) is 16.6 Å². The number of rotatable bonds is 9. The van der Waals surface area contributed by atoms with Crippen molar-refractivity contribution >= 4 is 46.2 Å². The Morgan fingerprint density at radius 1 is 1.02 bits per heavy atom. The van der Waals surface area contributed by atoms with E-state index < -0.39 is 22.1 Å². The third kappa shape index (κ3) is 6.35. The number of anilines is 2. The zero-order valence-corrected chi connectivity index (χ0v) is 26.3. The van der Waals surface area contributed by atoms with Crippen LogP contribution in [0.15, 0.2) is 51.8 Å². The molecule has 4 aromatic rings. The van der Waals surface area contributed by atoms with Crippen LogP contribution in [0.3, 0.4) is 0 Å². The monoisotopic (exact) mass is 664 g/mol. The average Bonchev–Trinajstić information content (AvgIpc) is 3.85. The second-order valence-electron chi connectivity index (χ2n) is 12.2. The lowest BCUT2D eigenvalue weighted by atomic mass is 10.1. The first-order valence-electron chi connectivity index (χ1n) is 15.5. The highest BCUT2D eigenvalue weighted by Gasteiger charge is 2.29. The van der Waals surface area contributed by atoms with Crippen LogP contribution in [0, 0.1) is 20.8 Å². The van der Waals surface area contributed by atoms with Crippen molar-refractivity contribution in [3.8, 4) is 0 Å². The van der Waals surface area contributed by atoms with Gasteiger partial charge in [0.05, 0.1) is 29.3 Å². The van der Waals surface area contributed by atoms with Crippen molar-refractivity contribution < 1.29 is 23.6 Å². The summed E-state index contributed by atoms with van der Waals surface area (Å²) < 4.78 is 24.7. The minimum absolute atomic E-state index is 0.0743. The molecule has 246 valence electrons. The van der Waals surface area contributed by atoms with E-state index in [2.05, 4.69) is 19.8 Å². The molecule has 14 nitrogen and oxygen atoms in total. The van der Waals surface area contributed by atoms with Crippen LogP contribution in [0.2, 0.25) is 0 Å². The zero-order valence-electron chi connectivity index (χ0n) is 25.5. The van der Waals surface area contributed by atoms with Gasteiger partial charge in [0.1, 0.15) is 11.4 Å². The molecule has 7 rings (SSSR count). The van der Waals surface area contributed by atoms with Crippen molar-refractivity contribution in [1.29, 1.82) is 0 Å². The number of pyridine rings is 1. The lowest BCUT2D eigenvalue weighted by Gasteiger charge is -2.36. The number of fused-ring (bicyclic) bond motifs is 1. The summed E-state index contributed by atoms with van der Waals surface area (Å²) in [5, 5.41) is 25.2. The summed E-state index contributed by atoms with van der Waals surface area (Å²) in [5.41, 5.74) is 0.951. The van der Waals surface area contributed by atoms with Gasteiger partial charge in [-0.2, -0.15) is 0 Å². The molecular formula is C31H33FN8O6S. The van der Waals surface area contributed by atoms with Crippen LogP contribution in [0.4, 0.5) is 21.5 Å². The van der Waals surface area contributed by atoms with E-state index in [9.17, 15) is 24.8 Å². The van der Waals surface area contributed by atoms with Crippen LogP contribution in [0.1, 0.15) is 35.1 Å². The van der Waals surface area contributed by atoms with Gasteiger partial charge in [0.2, 0.25) is 11.3 Å². The molecule has 0 bridgehead atoms. The standard InChI is InChI=1S/C31H33FN8O6S/c32-25-15-23-26(38(21-3-4-21)17-24(29(23)41)30(42)43)16-27(25)37-13-9-35(10-14-37)19-39-31(47)46-28(33-39)18-34-7-11-36(12-8-34)20-1-5-22(6-2-20)40(44)45/h1-2,5-6,15-17,21H,3-4,7-14,18-19H2,(H,42,43). The molecule has 1 saturated carbocycles. The van der Waals surface area contributed by atoms with Gasteiger partial charge in [-0.05, 0) is 49.3 Å². The molecular weight excluding hydrogens is 631 g/mol. The largest absolute Gasteiger partial charge is 0.477 e. The van der Waals surface area contributed by atoms with Gasteiger partial charge in [0, 0.05) is 87.8 Å². The van der Waals surface area contributed by atoms with Crippen molar-refractivity contribution in [3.05, 3.63) is 85.0 Å². The van der Waals surface area contributed by atoms with Gasteiger partial charge in [0.25, 0.3) is 10.5 Å². The number of carbonyl (C=O) groups is 1. The number of aromatic carboxylic acids is 1. The molecule has 47 heavy (non-hydrogen) atoms. The number of hydrogen-bond donors (Lipinski definition) is 1. The van der Waals surface area contributed by atoms with Crippen molar-refractivity contribution in [2.75, 3.05) is 62.2 Å². The van der Waals surface area contributed by atoms with Crippen molar-refractivity contribution in [3.63, 3.8) is 0 Å². The smallest absolute Gasteiger partial charge is 0.341 e. The molecule has 1 N–H and O–H groups in total. The van der Waals surface area contributed by atoms with Gasteiger partial charge in [0.15, 0.2) is 0 Å². The number of non-ortho nitro benzene ring substituents is 1. The van der Waals surface area contributed by atoms with Gasteiger partial charge in [-0.25, -0.2) is 13.9 Å².